The molecule has 0 amide bonds. The zero-order valence-corrected chi connectivity index (χ0v) is 14.3. The fraction of sp³-hybridized carbons (Fsp3) is 0.308. The van der Waals surface area contributed by atoms with E-state index in [1.54, 1.807) is 10.6 Å². The standard InChI is InChI=1S/C13H13BrClFN2O2S/c1-2-3-12-17-13(21(15,19)20)8-18(12)7-9-4-10(14)6-11(16)5-9/h4-6,8H,2-3,7H2,1H3. The Morgan fingerprint density at radius 2 is 2.10 bits per heavy atom. The minimum Gasteiger partial charge on any atom is -0.329 e. The van der Waals surface area contributed by atoms with Gasteiger partial charge < -0.3 is 4.57 Å². The first-order valence-corrected chi connectivity index (χ1v) is 9.35. The molecule has 0 radical (unpaired) electrons. The molecule has 0 aliphatic rings. The predicted octanol–water partition coefficient (Wildman–Crippen LogP) is 3.71. The van der Waals surface area contributed by atoms with E-state index in [9.17, 15) is 12.8 Å². The van der Waals surface area contributed by atoms with Crippen LogP contribution in [0.15, 0.2) is 33.9 Å². The lowest BCUT2D eigenvalue weighted by atomic mass is 10.2. The van der Waals surface area contributed by atoms with Gasteiger partial charge in [0.1, 0.15) is 11.6 Å². The minimum absolute atomic E-state index is 0.178. The van der Waals surface area contributed by atoms with Crippen molar-refractivity contribution < 1.29 is 12.8 Å². The van der Waals surface area contributed by atoms with E-state index in [2.05, 4.69) is 20.9 Å². The Morgan fingerprint density at radius 3 is 2.67 bits per heavy atom. The predicted molar refractivity (Wildman–Crippen MR) is 82.5 cm³/mol. The van der Waals surface area contributed by atoms with Gasteiger partial charge in [0.05, 0.1) is 0 Å². The van der Waals surface area contributed by atoms with Crippen molar-refractivity contribution in [1.29, 1.82) is 0 Å². The fourth-order valence-corrected chi connectivity index (χ4v) is 3.21. The van der Waals surface area contributed by atoms with Crippen LogP contribution >= 0.6 is 26.6 Å². The molecule has 8 heteroatoms. The largest absolute Gasteiger partial charge is 0.329 e. The number of benzene rings is 1. The van der Waals surface area contributed by atoms with Crippen LogP contribution in [0, 0.1) is 5.82 Å². The van der Waals surface area contributed by atoms with Crippen LogP contribution in [0.3, 0.4) is 0 Å². The zero-order chi connectivity index (χ0) is 15.6. The van der Waals surface area contributed by atoms with Crippen molar-refractivity contribution in [1.82, 2.24) is 9.55 Å². The minimum atomic E-state index is -3.87. The molecule has 2 rings (SSSR count). The fourth-order valence-electron chi connectivity index (χ4n) is 2.00. The second-order valence-electron chi connectivity index (χ2n) is 4.59. The van der Waals surface area contributed by atoms with E-state index < -0.39 is 9.05 Å². The number of hydrogen-bond acceptors (Lipinski definition) is 3. The number of aromatic nitrogens is 2. The van der Waals surface area contributed by atoms with E-state index in [1.807, 2.05) is 6.92 Å². The van der Waals surface area contributed by atoms with Gasteiger partial charge >= 0.3 is 0 Å². The lowest BCUT2D eigenvalue weighted by molar-refractivity contribution is 0.606. The van der Waals surface area contributed by atoms with E-state index in [0.717, 1.165) is 6.42 Å². The maximum Gasteiger partial charge on any atom is 0.280 e. The van der Waals surface area contributed by atoms with E-state index >= 15 is 0 Å². The Balaban J connectivity index is 2.40. The maximum atomic E-state index is 13.4. The van der Waals surface area contributed by atoms with Crippen molar-refractivity contribution in [3.05, 3.63) is 46.1 Å². The molecule has 0 spiro atoms. The smallest absolute Gasteiger partial charge is 0.280 e. The number of halogens is 3. The van der Waals surface area contributed by atoms with E-state index in [0.29, 0.717) is 28.8 Å². The molecule has 2 aromatic rings. The van der Waals surface area contributed by atoms with Gasteiger partial charge in [0.25, 0.3) is 9.05 Å². The average Bonchev–Trinajstić information content (AvgIpc) is 2.71. The van der Waals surface area contributed by atoms with Gasteiger partial charge in [-0.3, -0.25) is 0 Å². The van der Waals surface area contributed by atoms with Gasteiger partial charge in [-0.15, -0.1) is 0 Å². The highest BCUT2D eigenvalue weighted by atomic mass is 79.9. The summed E-state index contributed by atoms with van der Waals surface area (Å²) in [5.41, 5.74) is 0.704. The number of aryl methyl sites for hydroxylation is 1. The molecule has 21 heavy (non-hydrogen) atoms. The maximum absolute atomic E-state index is 13.4. The van der Waals surface area contributed by atoms with E-state index in [-0.39, 0.29) is 10.8 Å². The topological polar surface area (TPSA) is 52.0 Å². The highest BCUT2D eigenvalue weighted by Gasteiger charge is 2.17. The first kappa shape index (κ1) is 16.5. The summed E-state index contributed by atoms with van der Waals surface area (Å²) < 4.78 is 38.5. The highest BCUT2D eigenvalue weighted by Crippen LogP contribution is 2.19. The van der Waals surface area contributed by atoms with Crippen molar-refractivity contribution in [3.8, 4) is 0 Å². The lowest BCUT2D eigenvalue weighted by Crippen LogP contribution is -2.04. The quantitative estimate of drug-likeness (QED) is 0.725. The Bertz CT molecular complexity index is 741. The molecular formula is C13H13BrClFN2O2S. The van der Waals surface area contributed by atoms with Crippen LogP contribution in [-0.2, 0) is 22.0 Å². The SMILES string of the molecule is CCCc1nc(S(=O)(=O)Cl)cn1Cc1cc(F)cc(Br)c1. The van der Waals surface area contributed by atoms with E-state index in [1.165, 1.54) is 18.3 Å². The molecule has 0 fully saturated rings. The molecule has 0 saturated heterocycles. The van der Waals surface area contributed by atoms with Crippen molar-refractivity contribution in [2.45, 2.75) is 31.3 Å². The van der Waals surface area contributed by atoms with Gasteiger partial charge in [-0.05, 0) is 30.2 Å². The molecule has 114 valence electrons. The third-order valence-corrected chi connectivity index (χ3v) is 4.46. The van der Waals surface area contributed by atoms with Crippen molar-refractivity contribution in [2.24, 2.45) is 0 Å². The molecule has 1 heterocycles. The van der Waals surface area contributed by atoms with Crippen LogP contribution in [0.25, 0.3) is 0 Å². The monoisotopic (exact) mass is 394 g/mol. The molecule has 0 atom stereocenters. The Hall–Kier alpha value is -0.920. The van der Waals surface area contributed by atoms with Gasteiger partial charge in [0.15, 0.2) is 5.03 Å². The summed E-state index contributed by atoms with van der Waals surface area (Å²) in [4.78, 5) is 4.05. The highest BCUT2D eigenvalue weighted by molar-refractivity contribution is 9.10. The Labute approximate surface area is 135 Å². The molecule has 0 N–H and O–H groups in total. The second-order valence-corrected chi connectivity index (χ2v) is 8.02. The van der Waals surface area contributed by atoms with Gasteiger partial charge in [-0.1, -0.05) is 22.9 Å². The summed E-state index contributed by atoms with van der Waals surface area (Å²) in [5, 5.41) is -0.178. The van der Waals surface area contributed by atoms with Crippen LogP contribution in [0.4, 0.5) is 4.39 Å². The molecule has 0 unspecified atom stereocenters. The third kappa shape index (κ3) is 4.28. The molecule has 0 aliphatic carbocycles. The molecule has 0 aliphatic heterocycles. The Kier molecular flexibility index (Phi) is 5.06. The molecule has 1 aromatic carbocycles. The number of hydrogen-bond donors (Lipinski definition) is 0. The summed E-state index contributed by atoms with van der Waals surface area (Å²) in [6, 6.07) is 4.53. The van der Waals surface area contributed by atoms with Crippen LogP contribution in [0.2, 0.25) is 0 Å². The van der Waals surface area contributed by atoms with Crippen LogP contribution < -0.4 is 0 Å². The molecule has 1 aromatic heterocycles. The second kappa shape index (κ2) is 6.46. The summed E-state index contributed by atoms with van der Waals surface area (Å²) in [6.45, 7) is 2.29. The molecule has 4 nitrogen and oxygen atoms in total. The van der Waals surface area contributed by atoms with Crippen LogP contribution in [0.5, 0.6) is 0 Å². The van der Waals surface area contributed by atoms with Crippen LogP contribution in [0.1, 0.15) is 24.7 Å². The number of nitrogens with zero attached hydrogens (tertiary/aromatic N) is 2. The summed E-state index contributed by atoms with van der Waals surface area (Å²) in [5.74, 6) is 0.249. The van der Waals surface area contributed by atoms with Gasteiger partial charge in [0, 0.05) is 34.3 Å². The molecular weight excluding hydrogens is 383 g/mol. The first-order valence-electron chi connectivity index (χ1n) is 6.25. The van der Waals surface area contributed by atoms with Crippen molar-refractivity contribution in [3.63, 3.8) is 0 Å². The van der Waals surface area contributed by atoms with E-state index in [4.69, 9.17) is 10.7 Å². The Morgan fingerprint density at radius 1 is 1.38 bits per heavy atom. The zero-order valence-electron chi connectivity index (χ0n) is 11.2. The summed E-state index contributed by atoms with van der Waals surface area (Å²) in [7, 11) is 1.45. The summed E-state index contributed by atoms with van der Waals surface area (Å²) in [6.07, 6.45) is 2.81. The van der Waals surface area contributed by atoms with Gasteiger partial charge in [0.2, 0.25) is 0 Å². The van der Waals surface area contributed by atoms with Crippen LogP contribution in [-0.4, -0.2) is 18.0 Å². The molecule has 0 bridgehead atoms. The lowest BCUT2D eigenvalue weighted by Gasteiger charge is -2.07. The summed E-state index contributed by atoms with van der Waals surface area (Å²) >= 11 is 3.23. The number of imidazole rings is 1. The van der Waals surface area contributed by atoms with Crippen molar-refractivity contribution in [2.75, 3.05) is 0 Å². The first-order chi connectivity index (χ1) is 9.79. The normalized spacial score (nSPS) is 11.8. The van der Waals surface area contributed by atoms with Crippen molar-refractivity contribution >= 4 is 35.7 Å². The van der Waals surface area contributed by atoms with Gasteiger partial charge in [-0.25, -0.2) is 17.8 Å². The third-order valence-electron chi connectivity index (χ3n) is 2.84. The average molecular weight is 396 g/mol. The number of rotatable bonds is 5. The van der Waals surface area contributed by atoms with Gasteiger partial charge in [-0.2, -0.15) is 0 Å². The molecule has 0 saturated carbocycles.